The molecule has 1 aliphatic carbocycles. The minimum Gasteiger partial charge on any atom is -0.371 e. The van der Waals surface area contributed by atoms with Crippen molar-refractivity contribution in [3.05, 3.63) is 35.0 Å². The van der Waals surface area contributed by atoms with Crippen LogP contribution in [0.15, 0.2) is 12.1 Å². The molecule has 1 aromatic carbocycles. The Balaban J connectivity index is 1.33. The van der Waals surface area contributed by atoms with Crippen molar-refractivity contribution in [2.75, 3.05) is 19.8 Å². The predicted octanol–water partition coefficient (Wildman–Crippen LogP) is 2.22. The molecule has 2 N–H and O–H groups in total. The molecule has 170 valence electrons. The Hall–Kier alpha value is -2.81. The summed E-state index contributed by atoms with van der Waals surface area (Å²) in [5.74, 6) is -2.74. The van der Waals surface area contributed by atoms with Crippen LogP contribution in [0.5, 0.6) is 0 Å². The number of aromatic amines is 1. The zero-order valence-corrected chi connectivity index (χ0v) is 17.6. The summed E-state index contributed by atoms with van der Waals surface area (Å²) < 4.78 is 33.0. The number of amides is 2. The number of carbonyl (C=O) groups is 3. The Bertz CT molecular complexity index is 1100. The van der Waals surface area contributed by atoms with Gasteiger partial charge in [0.25, 0.3) is 0 Å². The van der Waals surface area contributed by atoms with Crippen LogP contribution in [0, 0.1) is 23.5 Å². The number of aromatic nitrogens is 1. The molecule has 32 heavy (non-hydrogen) atoms. The number of rotatable bonds is 3. The number of hydrogen-bond donors (Lipinski definition) is 2. The quantitative estimate of drug-likeness (QED) is 0.758. The summed E-state index contributed by atoms with van der Waals surface area (Å²) in [7, 11) is 0. The maximum atomic E-state index is 14.2. The molecule has 7 nitrogen and oxygen atoms in total. The second-order valence-corrected chi connectivity index (χ2v) is 8.94. The fraction of sp³-hybridized carbons (Fsp3) is 0.522. The molecule has 2 fully saturated rings. The Morgan fingerprint density at radius 2 is 1.94 bits per heavy atom. The SMILES string of the molecule is O=C1COCC1NC(=O)[C@@H]1CCCCC1C(=O)N1CCc2c([nH]c3c(F)cc(F)cc23)C1. The molecule has 9 heteroatoms. The molecule has 1 saturated heterocycles. The number of halogens is 2. The number of Topliss-reactive ketones (excluding diaryl/α,β-unsaturated/α-hetero) is 1. The highest BCUT2D eigenvalue weighted by atomic mass is 19.1. The predicted molar refractivity (Wildman–Crippen MR) is 111 cm³/mol. The molecule has 2 aliphatic heterocycles. The lowest BCUT2D eigenvalue weighted by Crippen LogP contribution is -2.49. The van der Waals surface area contributed by atoms with E-state index in [0.29, 0.717) is 36.9 Å². The second-order valence-electron chi connectivity index (χ2n) is 8.94. The lowest BCUT2D eigenvalue weighted by molar-refractivity contribution is -0.144. The van der Waals surface area contributed by atoms with E-state index in [1.807, 2.05) is 0 Å². The number of benzene rings is 1. The first-order chi connectivity index (χ1) is 15.4. The fourth-order valence-corrected chi connectivity index (χ4v) is 5.30. The van der Waals surface area contributed by atoms with Gasteiger partial charge in [0.15, 0.2) is 5.78 Å². The number of ether oxygens (including phenoxy) is 1. The molecule has 2 unspecified atom stereocenters. The molecule has 0 radical (unpaired) electrons. The topological polar surface area (TPSA) is 91.5 Å². The van der Waals surface area contributed by atoms with Gasteiger partial charge in [-0.3, -0.25) is 14.4 Å². The van der Waals surface area contributed by atoms with Crippen molar-refractivity contribution in [2.24, 2.45) is 11.8 Å². The summed E-state index contributed by atoms with van der Waals surface area (Å²) in [6.45, 7) is 0.867. The fourth-order valence-electron chi connectivity index (χ4n) is 5.30. The molecule has 1 saturated carbocycles. The Morgan fingerprint density at radius 1 is 1.16 bits per heavy atom. The van der Waals surface area contributed by atoms with Crippen LogP contribution in [-0.4, -0.2) is 53.3 Å². The van der Waals surface area contributed by atoms with Crippen molar-refractivity contribution < 1.29 is 27.9 Å². The highest BCUT2D eigenvalue weighted by molar-refractivity contribution is 5.94. The molecule has 3 heterocycles. The van der Waals surface area contributed by atoms with Gasteiger partial charge in [0.1, 0.15) is 24.3 Å². The van der Waals surface area contributed by atoms with Gasteiger partial charge in [-0.2, -0.15) is 0 Å². The second kappa shape index (κ2) is 8.27. The van der Waals surface area contributed by atoms with E-state index >= 15 is 0 Å². The molecular formula is C23H25F2N3O4. The third kappa shape index (κ3) is 3.68. The molecule has 1 aromatic heterocycles. The van der Waals surface area contributed by atoms with Crippen LogP contribution < -0.4 is 5.32 Å². The summed E-state index contributed by atoms with van der Waals surface area (Å²) in [6.07, 6.45) is 3.42. The van der Waals surface area contributed by atoms with Gasteiger partial charge in [-0.1, -0.05) is 12.8 Å². The zero-order valence-electron chi connectivity index (χ0n) is 17.6. The van der Waals surface area contributed by atoms with Gasteiger partial charge in [0.2, 0.25) is 11.8 Å². The van der Waals surface area contributed by atoms with Gasteiger partial charge >= 0.3 is 0 Å². The Kier molecular flexibility index (Phi) is 5.44. The Morgan fingerprint density at radius 3 is 2.69 bits per heavy atom. The van der Waals surface area contributed by atoms with E-state index in [2.05, 4.69) is 10.3 Å². The first kappa shape index (κ1) is 21.1. The number of ketones is 1. The molecule has 2 amide bonds. The number of nitrogens with one attached hydrogen (secondary N) is 2. The van der Waals surface area contributed by atoms with Crippen LogP contribution in [0.3, 0.4) is 0 Å². The Labute approximate surface area is 183 Å². The molecular weight excluding hydrogens is 420 g/mol. The van der Waals surface area contributed by atoms with Crippen LogP contribution in [0.1, 0.15) is 36.9 Å². The third-order valence-corrected chi connectivity index (χ3v) is 6.97. The monoisotopic (exact) mass is 445 g/mol. The first-order valence-electron chi connectivity index (χ1n) is 11.1. The number of fused-ring (bicyclic) bond motifs is 3. The summed E-state index contributed by atoms with van der Waals surface area (Å²) in [6, 6.07) is 1.53. The van der Waals surface area contributed by atoms with Crippen LogP contribution in [-0.2, 0) is 32.1 Å². The van der Waals surface area contributed by atoms with E-state index in [1.54, 1.807) is 4.90 Å². The molecule has 0 spiro atoms. The van der Waals surface area contributed by atoms with Gasteiger partial charge in [-0.05, 0) is 30.9 Å². The van der Waals surface area contributed by atoms with Crippen molar-refractivity contribution in [1.29, 1.82) is 0 Å². The number of H-pyrrole nitrogens is 1. The van der Waals surface area contributed by atoms with Crippen molar-refractivity contribution in [1.82, 2.24) is 15.2 Å². The summed E-state index contributed by atoms with van der Waals surface area (Å²) >= 11 is 0. The van der Waals surface area contributed by atoms with Crippen LogP contribution in [0.25, 0.3) is 10.9 Å². The molecule has 2 aromatic rings. The van der Waals surface area contributed by atoms with Gasteiger partial charge < -0.3 is 19.9 Å². The molecule has 5 rings (SSSR count). The van der Waals surface area contributed by atoms with E-state index in [9.17, 15) is 23.2 Å². The van der Waals surface area contributed by atoms with Crippen molar-refractivity contribution >= 4 is 28.5 Å². The van der Waals surface area contributed by atoms with Crippen molar-refractivity contribution in [3.63, 3.8) is 0 Å². The van der Waals surface area contributed by atoms with Crippen molar-refractivity contribution in [2.45, 2.75) is 44.7 Å². The van der Waals surface area contributed by atoms with E-state index in [1.165, 1.54) is 6.07 Å². The average Bonchev–Trinajstić information content (AvgIpc) is 3.36. The molecule has 3 atom stereocenters. The average molecular weight is 445 g/mol. The minimum atomic E-state index is -0.651. The third-order valence-electron chi connectivity index (χ3n) is 6.97. The molecule has 0 bridgehead atoms. The smallest absolute Gasteiger partial charge is 0.226 e. The normalized spacial score (nSPS) is 25.8. The standard InChI is InChI=1S/C23H25F2N3O4/c24-12-7-16-13-5-6-28(9-18(13)26-21(16)17(25)8-12)23(31)15-4-2-1-3-14(15)22(30)27-19-10-32-11-20(19)29/h7-8,14-15,19,26H,1-6,9-11H2,(H,27,30)/t14-,15?,19?/m1/s1. The van der Waals surface area contributed by atoms with Crippen molar-refractivity contribution in [3.8, 4) is 0 Å². The lowest BCUT2D eigenvalue weighted by atomic mass is 9.77. The number of carbonyl (C=O) groups excluding carboxylic acids is 3. The van der Waals surface area contributed by atoms with Gasteiger partial charge in [-0.25, -0.2) is 8.78 Å². The van der Waals surface area contributed by atoms with Gasteiger partial charge in [0.05, 0.1) is 18.7 Å². The molecule has 3 aliphatic rings. The van der Waals surface area contributed by atoms with E-state index in [0.717, 1.165) is 24.5 Å². The van der Waals surface area contributed by atoms with E-state index in [-0.39, 0.29) is 42.9 Å². The summed E-state index contributed by atoms with van der Waals surface area (Å²) in [5, 5.41) is 3.28. The largest absolute Gasteiger partial charge is 0.371 e. The minimum absolute atomic E-state index is 0.00305. The van der Waals surface area contributed by atoms with Crippen LogP contribution >= 0.6 is 0 Å². The van der Waals surface area contributed by atoms with E-state index < -0.39 is 29.5 Å². The van der Waals surface area contributed by atoms with E-state index in [4.69, 9.17) is 4.74 Å². The van der Waals surface area contributed by atoms with Gasteiger partial charge in [-0.15, -0.1) is 0 Å². The highest BCUT2D eigenvalue weighted by Crippen LogP contribution is 2.35. The number of nitrogens with zero attached hydrogens (tertiary/aromatic N) is 1. The maximum absolute atomic E-state index is 14.2. The van der Waals surface area contributed by atoms with Crippen LogP contribution in [0.2, 0.25) is 0 Å². The highest BCUT2D eigenvalue weighted by Gasteiger charge is 2.40. The zero-order chi connectivity index (χ0) is 22.4. The summed E-state index contributed by atoms with van der Waals surface area (Å²) in [5.41, 5.74) is 1.79. The maximum Gasteiger partial charge on any atom is 0.226 e. The first-order valence-corrected chi connectivity index (χ1v) is 11.1. The van der Waals surface area contributed by atoms with Gasteiger partial charge in [0, 0.05) is 35.5 Å². The van der Waals surface area contributed by atoms with Crippen LogP contribution in [0.4, 0.5) is 8.78 Å². The lowest BCUT2D eigenvalue weighted by Gasteiger charge is -2.36. The number of hydrogen-bond acceptors (Lipinski definition) is 4. The summed E-state index contributed by atoms with van der Waals surface area (Å²) in [4.78, 5) is 42.9.